The van der Waals surface area contributed by atoms with Crippen LogP contribution in [-0.4, -0.2) is 40.6 Å². The van der Waals surface area contributed by atoms with Crippen molar-refractivity contribution in [1.82, 2.24) is 4.90 Å². The lowest BCUT2D eigenvalue weighted by molar-refractivity contribution is -0.134. The Kier molecular flexibility index (Phi) is 3.50. The van der Waals surface area contributed by atoms with Crippen LogP contribution < -0.4 is 5.73 Å². The Morgan fingerprint density at radius 1 is 1.38 bits per heavy atom. The summed E-state index contributed by atoms with van der Waals surface area (Å²) in [4.78, 5) is 13.9. The van der Waals surface area contributed by atoms with Crippen LogP contribution in [-0.2, 0) is 4.79 Å². The molecule has 4 heteroatoms. The molecule has 0 aromatic heterocycles. The van der Waals surface area contributed by atoms with Crippen LogP contribution in [0.15, 0.2) is 0 Å². The first kappa shape index (κ1) is 11.9. The molecule has 1 saturated heterocycles. The van der Waals surface area contributed by atoms with Gasteiger partial charge < -0.3 is 15.7 Å². The molecule has 0 spiro atoms. The van der Waals surface area contributed by atoms with Crippen LogP contribution in [0.25, 0.3) is 0 Å². The summed E-state index contributed by atoms with van der Waals surface area (Å²) >= 11 is 0. The number of aliphatic hydroxyl groups excluding tert-OH is 1. The summed E-state index contributed by atoms with van der Waals surface area (Å²) in [5.41, 5.74) is 5.94. The van der Waals surface area contributed by atoms with Crippen molar-refractivity contribution < 1.29 is 9.90 Å². The molecule has 4 nitrogen and oxygen atoms in total. The molecule has 1 saturated carbocycles. The maximum Gasteiger partial charge on any atom is 0.224 e. The van der Waals surface area contributed by atoms with E-state index >= 15 is 0 Å². The lowest BCUT2D eigenvalue weighted by atomic mass is 9.94. The van der Waals surface area contributed by atoms with Crippen molar-refractivity contribution in [3.63, 3.8) is 0 Å². The molecule has 2 fully saturated rings. The van der Waals surface area contributed by atoms with Gasteiger partial charge in [-0.05, 0) is 25.7 Å². The van der Waals surface area contributed by atoms with Gasteiger partial charge in [-0.3, -0.25) is 4.79 Å². The van der Waals surface area contributed by atoms with Crippen molar-refractivity contribution in [2.75, 3.05) is 13.2 Å². The molecule has 92 valence electrons. The smallest absolute Gasteiger partial charge is 0.224 e. The minimum absolute atomic E-state index is 0.0394. The third-order valence-electron chi connectivity index (χ3n) is 4.01. The summed E-state index contributed by atoms with van der Waals surface area (Å²) in [7, 11) is 0. The number of hydrogen-bond acceptors (Lipinski definition) is 3. The Bertz CT molecular complexity index is 262. The van der Waals surface area contributed by atoms with Gasteiger partial charge in [-0.25, -0.2) is 0 Å². The van der Waals surface area contributed by atoms with Gasteiger partial charge in [0.05, 0.1) is 12.6 Å². The van der Waals surface area contributed by atoms with Gasteiger partial charge in [-0.1, -0.05) is 12.8 Å². The minimum Gasteiger partial charge on any atom is -0.394 e. The zero-order chi connectivity index (χ0) is 11.6. The fourth-order valence-corrected chi connectivity index (χ4v) is 3.01. The number of aliphatic hydroxyl groups is 1. The first-order valence-electron chi connectivity index (χ1n) is 6.34. The number of likely N-dealkylation sites (tertiary alicyclic amines) is 1. The summed E-state index contributed by atoms with van der Waals surface area (Å²) in [5.74, 6) is 0.140. The van der Waals surface area contributed by atoms with Gasteiger partial charge in [-0.15, -0.1) is 0 Å². The number of carbonyl (C=O) groups is 1. The fraction of sp³-hybridized carbons (Fsp3) is 0.917. The zero-order valence-corrected chi connectivity index (χ0v) is 9.82. The van der Waals surface area contributed by atoms with E-state index in [4.69, 9.17) is 5.73 Å². The highest BCUT2D eigenvalue weighted by Crippen LogP contribution is 2.31. The topological polar surface area (TPSA) is 66.6 Å². The van der Waals surface area contributed by atoms with Crippen LogP contribution >= 0.6 is 0 Å². The second-order valence-electron chi connectivity index (χ2n) is 5.31. The molecule has 0 unspecified atom stereocenters. The highest BCUT2D eigenvalue weighted by Gasteiger charge is 2.36. The van der Waals surface area contributed by atoms with E-state index in [1.807, 2.05) is 4.90 Å². The fourth-order valence-electron chi connectivity index (χ4n) is 3.01. The molecule has 0 bridgehead atoms. The highest BCUT2D eigenvalue weighted by atomic mass is 16.3. The molecular weight excluding hydrogens is 204 g/mol. The molecule has 1 amide bonds. The van der Waals surface area contributed by atoms with Gasteiger partial charge in [-0.2, -0.15) is 0 Å². The van der Waals surface area contributed by atoms with E-state index in [1.54, 1.807) is 0 Å². The lowest BCUT2D eigenvalue weighted by Gasteiger charge is -2.29. The van der Waals surface area contributed by atoms with Crippen molar-refractivity contribution in [3.8, 4) is 0 Å². The van der Waals surface area contributed by atoms with Gasteiger partial charge in [0.1, 0.15) is 0 Å². The van der Waals surface area contributed by atoms with Gasteiger partial charge >= 0.3 is 0 Å². The van der Waals surface area contributed by atoms with Gasteiger partial charge in [0.15, 0.2) is 0 Å². The molecule has 3 N–H and O–H groups in total. The Morgan fingerprint density at radius 2 is 2.06 bits per heavy atom. The van der Waals surface area contributed by atoms with Crippen LogP contribution in [0, 0.1) is 0 Å². The number of nitrogens with two attached hydrogens (primary N) is 1. The van der Waals surface area contributed by atoms with Crippen LogP contribution in [0.2, 0.25) is 0 Å². The van der Waals surface area contributed by atoms with Crippen molar-refractivity contribution in [2.24, 2.45) is 5.73 Å². The molecule has 0 aromatic rings. The van der Waals surface area contributed by atoms with Gasteiger partial charge in [0.2, 0.25) is 5.91 Å². The Hall–Kier alpha value is -0.610. The molecule has 1 aliphatic carbocycles. The largest absolute Gasteiger partial charge is 0.394 e. The van der Waals surface area contributed by atoms with E-state index in [9.17, 15) is 9.90 Å². The summed E-state index contributed by atoms with van der Waals surface area (Å²) in [6.45, 7) is 0.878. The van der Waals surface area contributed by atoms with Crippen LogP contribution in [0.1, 0.15) is 44.9 Å². The van der Waals surface area contributed by atoms with E-state index in [0.29, 0.717) is 6.42 Å². The molecule has 16 heavy (non-hydrogen) atoms. The average Bonchev–Trinajstić information content (AvgIpc) is 2.85. The summed E-state index contributed by atoms with van der Waals surface area (Å²) in [6.07, 6.45) is 6.63. The molecular formula is C12H22N2O2. The minimum atomic E-state index is -0.264. The summed E-state index contributed by atoms with van der Waals surface area (Å²) in [5, 5.41) is 9.19. The van der Waals surface area contributed by atoms with E-state index in [1.165, 1.54) is 0 Å². The third-order valence-corrected chi connectivity index (χ3v) is 4.01. The Labute approximate surface area is 96.8 Å². The van der Waals surface area contributed by atoms with Crippen molar-refractivity contribution in [1.29, 1.82) is 0 Å². The SMILES string of the molecule is NC1(CC(=O)N2CCC[C@H]2CO)CCCC1. The Balaban J connectivity index is 1.92. The average molecular weight is 226 g/mol. The zero-order valence-electron chi connectivity index (χ0n) is 9.82. The summed E-state index contributed by atoms with van der Waals surface area (Å²) < 4.78 is 0. The molecule has 2 aliphatic rings. The number of rotatable bonds is 3. The quantitative estimate of drug-likeness (QED) is 0.742. The second-order valence-corrected chi connectivity index (χ2v) is 5.31. The predicted octanol–water partition coefficient (Wildman–Crippen LogP) is 0.631. The number of carbonyl (C=O) groups excluding carboxylic acids is 1. The lowest BCUT2D eigenvalue weighted by Crippen LogP contribution is -2.45. The number of nitrogens with zero attached hydrogens (tertiary/aromatic N) is 1. The van der Waals surface area contributed by atoms with E-state index in [2.05, 4.69) is 0 Å². The first-order chi connectivity index (χ1) is 7.64. The molecule has 1 atom stereocenters. The standard InChI is InChI=1S/C12H22N2O2/c13-12(5-1-2-6-12)8-11(16)14-7-3-4-10(14)9-15/h10,15H,1-9,13H2/t10-/m0/s1. The molecule has 1 heterocycles. The molecule has 2 rings (SSSR count). The van der Waals surface area contributed by atoms with Crippen LogP contribution in [0.5, 0.6) is 0 Å². The third kappa shape index (κ3) is 2.38. The molecule has 0 aromatic carbocycles. The van der Waals surface area contributed by atoms with E-state index in [-0.39, 0.29) is 24.1 Å². The van der Waals surface area contributed by atoms with Gasteiger partial charge in [0, 0.05) is 18.5 Å². The van der Waals surface area contributed by atoms with Crippen LogP contribution in [0.3, 0.4) is 0 Å². The molecule has 1 aliphatic heterocycles. The maximum absolute atomic E-state index is 12.1. The first-order valence-corrected chi connectivity index (χ1v) is 6.34. The highest BCUT2D eigenvalue weighted by molar-refractivity contribution is 5.78. The van der Waals surface area contributed by atoms with Crippen molar-refractivity contribution >= 4 is 5.91 Å². The van der Waals surface area contributed by atoms with Crippen molar-refractivity contribution in [2.45, 2.75) is 56.5 Å². The van der Waals surface area contributed by atoms with E-state index < -0.39 is 0 Å². The number of hydrogen-bond donors (Lipinski definition) is 2. The maximum atomic E-state index is 12.1. The Morgan fingerprint density at radius 3 is 2.69 bits per heavy atom. The second kappa shape index (κ2) is 4.72. The van der Waals surface area contributed by atoms with Crippen molar-refractivity contribution in [3.05, 3.63) is 0 Å². The normalized spacial score (nSPS) is 28.6. The van der Waals surface area contributed by atoms with E-state index in [0.717, 1.165) is 45.1 Å². The predicted molar refractivity (Wildman–Crippen MR) is 61.8 cm³/mol. The monoisotopic (exact) mass is 226 g/mol. The number of amides is 1. The van der Waals surface area contributed by atoms with Gasteiger partial charge in [0.25, 0.3) is 0 Å². The molecule has 0 radical (unpaired) electrons. The summed E-state index contributed by atoms with van der Waals surface area (Å²) in [6, 6.07) is 0.0394. The van der Waals surface area contributed by atoms with Crippen LogP contribution in [0.4, 0.5) is 0 Å².